The number of carboxylic acid groups (broad SMARTS) is 1. The third kappa shape index (κ3) is 4.68. The predicted octanol–water partition coefficient (Wildman–Crippen LogP) is 5.80. The molecule has 5 rings (SSSR count). The Morgan fingerprint density at radius 3 is 2.44 bits per heavy atom. The minimum Gasteiger partial charge on any atom is -0.491 e. The normalized spacial score (nSPS) is 20.4. The fourth-order valence-corrected chi connectivity index (χ4v) is 6.08. The lowest BCUT2D eigenvalue weighted by atomic mass is 9.77. The first kappa shape index (κ1) is 23.9. The monoisotopic (exact) mass is 504 g/mol. The quantitative estimate of drug-likeness (QED) is 0.351. The maximum atomic E-state index is 13.1. The van der Waals surface area contributed by atoms with Crippen molar-refractivity contribution < 1.29 is 23.1 Å². The molecule has 1 aliphatic carbocycles. The van der Waals surface area contributed by atoms with Crippen LogP contribution in [0.2, 0.25) is 0 Å². The Morgan fingerprint density at radius 2 is 1.78 bits per heavy atom. The van der Waals surface area contributed by atoms with Crippen LogP contribution in [0, 0.1) is 5.92 Å². The van der Waals surface area contributed by atoms with E-state index in [2.05, 4.69) is 34.3 Å². The zero-order chi connectivity index (χ0) is 25.4. The van der Waals surface area contributed by atoms with E-state index in [-0.39, 0.29) is 34.4 Å². The van der Waals surface area contributed by atoms with E-state index in [9.17, 15) is 13.2 Å². The molecule has 0 aromatic heterocycles. The Kier molecular flexibility index (Phi) is 6.22. The van der Waals surface area contributed by atoms with Gasteiger partial charge in [0.15, 0.2) is 0 Å². The zero-order valence-electron chi connectivity index (χ0n) is 20.0. The lowest BCUT2D eigenvalue weighted by Gasteiger charge is -2.37. The van der Waals surface area contributed by atoms with E-state index >= 15 is 0 Å². The molecular weight excluding hydrogens is 476 g/mol. The van der Waals surface area contributed by atoms with Gasteiger partial charge in [-0.3, -0.25) is 4.72 Å². The number of rotatable bonds is 7. The van der Waals surface area contributed by atoms with Crippen molar-refractivity contribution in [1.29, 1.82) is 0 Å². The number of hydrogen-bond acceptors (Lipinski definition) is 5. The molecule has 0 unspecified atom stereocenters. The smallest absolute Gasteiger partial charge is 0.335 e. The first-order valence-electron chi connectivity index (χ1n) is 11.9. The summed E-state index contributed by atoms with van der Waals surface area (Å²) in [5.41, 5.74) is 3.43. The lowest BCUT2D eigenvalue weighted by molar-refractivity contribution is 0.0697. The van der Waals surface area contributed by atoms with Crippen LogP contribution in [0.5, 0.6) is 5.75 Å². The Hall–Kier alpha value is -3.78. The molecule has 8 heteroatoms. The summed E-state index contributed by atoms with van der Waals surface area (Å²) in [5.74, 6) is 0.140. The molecule has 0 saturated carbocycles. The van der Waals surface area contributed by atoms with Crippen LogP contribution in [0.15, 0.2) is 83.8 Å². The number of fused-ring (bicyclic) bond motifs is 3. The minimum atomic E-state index is -3.85. The average molecular weight is 505 g/mol. The van der Waals surface area contributed by atoms with Crippen molar-refractivity contribution in [2.45, 2.75) is 43.2 Å². The molecule has 3 atom stereocenters. The summed E-state index contributed by atoms with van der Waals surface area (Å²) in [6.45, 7) is 4.00. The van der Waals surface area contributed by atoms with E-state index in [0.29, 0.717) is 5.69 Å². The number of carboxylic acids is 1. The number of anilines is 2. The average Bonchev–Trinajstić information content (AvgIpc) is 3.34. The third-order valence-corrected chi connectivity index (χ3v) is 8.02. The molecule has 0 spiro atoms. The van der Waals surface area contributed by atoms with Gasteiger partial charge < -0.3 is 15.2 Å². The molecule has 0 bridgehead atoms. The molecule has 0 saturated heterocycles. The van der Waals surface area contributed by atoms with E-state index in [1.807, 2.05) is 32.0 Å². The highest BCUT2D eigenvalue weighted by atomic mass is 32.2. The van der Waals surface area contributed by atoms with Crippen molar-refractivity contribution in [2.75, 3.05) is 10.0 Å². The maximum Gasteiger partial charge on any atom is 0.335 e. The standard InChI is InChI=1S/C28H28N2O5S/c1-17(2)35-21-12-8-18(9-13-21)27-24-5-3-4-23(24)25-16-22(14-15-26(25)29-27)36(33,34)30-20-10-6-19(7-11-20)28(31)32/h3-4,6-17,23-24,27,29-30H,5H2,1-2H3,(H,31,32)/t23-,24+,27+/m0/s1. The summed E-state index contributed by atoms with van der Waals surface area (Å²) in [6, 6.07) is 19.0. The molecule has 7 nitrogen and oxygen atoms in total. The van der Waals surface area contributed by atoms with Crippen molar-refractivity contribution in [1.82, 2.24) is 0 Å². The summed E-state index contributed by atoms with van der Waals surface area (Å²) in [5, 5.41) is 12.7. The number of carbonyl (C=O) groups is 1. The van der Waals surface area contributed by atoms with Crippen molar-refractivity contribution >= 4 is 27.4 Å². The predicted molar refractivity (Wildman–Crippen MR) is 139 cm³/mol. The SMILES string of the molecule is CC(C)Oc1ccc([C@H]2Nc3ccc(S(=O)(=O)Nc4ccc(C(=O)O)cc4)cc3[C@H]3C=CC[C@H]32)cc1. The highest BCUT2D eigenvalue weighted by Gasteiger charge is 2.38. The van der Waals surface area contributed by atoms with Crippen molar-refractivity contribution in [2.24, 2.45) is 5.92 Å². The molecule has 2 aliphatic rings. The molecule has 3 aromatic rings. The van der Waals surface area contributed by atoms with Gasteiger partial charge in [-0.25, -0.2) is 13.2 Å². The van der Waals surface area contributed by atoms with Crippen LogP contribution < -0.4 is 14.8 Å². The molecule has 3 aromatic carbocycles. The van der Waals surface area contributed by atoms with E-state index in [1.165, 1.54) is 29.8 Å². The van der Waals surface area contributed by atoms with Gasteiger partial charge in [-0.15, -0.1) is 0 Å². The number of ether oxygens (including phenoxy) is 1. The van der Waals surface area contributed by atoms with Gasteiger partial charge >= 0.3 is 5.97 Å². The summed E-state index contributed by atoms with van der Waals surface area (Å²) in [7, 11) is -3.85. The van der Waals surface area contributed by atoms with Crippen LogP contribution in [0.4, 0.5) is 11.4 Å². The first-order chi connectivity index (χ1) is 17.2. The second-order valence-electron chi connectivity index (χ2n) is 9.45. The van der Waals surface area contributed by atoms with Crippen LogP contribution in [0.1, 0.15) is 53.7 Å². The van der Waals surface area contributed by atoms with E-state index < -0.39 is 16.0 Å². The fraction of sp³-hybridized carbons (Fsp3) is 0.250. The summed E-state index contributed by atoms with van der Waals surface area (Å²) in [4.78, 5) is 11.2. The second kappa shape index (κ2) is 9.35. The van der Waals surface area contributed by atoms with Gasteiger partial charge in [0.05, 0.1) is 22.6 Å². The van der Waals surface area contributed by atoms with Crippen LogP contribution in [-0.4, -0.2) is 25.6 Å². The zero-order valence-corrected chi connectivity index (χ0v) is 20.8. The van der Waals surface area contributed by atoms with Gasteiger partial charge in [-0.2, -0.15) is 0 Å². The maximum absolute atomic E-state index is 13.1. The van der Waals surface area contributed by atoms with E-state index in [0.717, 1.165) is 23.4 Å². The highest BCUT2D eigenvalue weighted by Crippen LogP contribution is 2.50. The molecule has 1 heterocycles. The Bertz CT molecular complexity index is 1410. The van der Waals surface area contributed by atoms with Gasteiger partial charge in [-0.1, -0.05) is 24.3 Å². The number of allylic oxidation sites excluding steroid dienone is 2. The van der Waals surface area contributed by atoms with E-state index in [4.69, 9.17) is 9.84 Å². The van der Waals surface area contributed by atoms with Gasteiger partial charge in [0.1, 0.15) is 5.75 Å². The summed E-state index contributed by atoms with van der Waals surface area (Å²) >= 11 is 0. The number of aromatic carboxylic acids is 1. The molecule has 36 heavy (non-hydrogen) atoms. The van der Waals surface area contributed by atoms with Crippen molar-refractivity contribution in [3.63, 3.8) is 0 Å². The Morgan fingerprint density at radius 1 is 1.06 bits per heavy atom. The third-order valence-electron chi connectivity index (χ3n) is 6.64. The number of sulfonamides is 1. The Labute approximate surface area is 210 Å². The van der Waals surface area contributed by atoms with Crippen LogP contribution in [-0.2, 0) is 10.0 Å². The molecular formula is C28H28N2O5S. The minimum absolute atomic E-state index is 0.0912. The van der Waals surface area contributed by atoms with Gasteiger partial charge in [-0.05, 0) is 91.9 Å². The summed E-state index contributed by atoms with van der Waals surface area (Å²) in [6.07, 6.45) is 5.35. The second-order valence-corrected chi connectivity index (χ2v) is 11.1. The fourth-order valence-electron chi connectivity index (χ4n) is 4.99. The van der Waals surface area contributed by atoms with Gasteiger partial charge in [0.2, 0.25) is 0 Å². The van der Waals surface area contributed by atoms with Crippen molar-refractivity contribution in [3.05, 3.63) is 95.6 Å². The van der Waals surface area contributed by atoms with Gasteiger partial charge in [0, 0.05) is 17.3 Å². The lowest BCUT2D eigenvalue weighted by Crippen LogP contribution is -2.29. The topological polar surface area (TPSA) is 105 Å². The molecule has 0 amide bonds. The largest absolute Gasteiger partial charge is 0.491 e. The molecule has 0 fully saturated rings. The highest BCUT2D eigenvalue weighted by molar-refractivity contribution is 7.92. The number of hydrogen-bond donors (Lipinski definition) is 3. The first-order valence-corrected chi connectivity index (χ1v) is 13.4. The van der Waals surface area contributed by atoms with Crippen molar-refractivity contribution in [3.8, 4) is 5.75 Å². The number of nitrogens with one attached hydrogen (secondary N) is 2. The van der Waals surface area contributed by atoms with Crippen LogP contribution in [0.3, 0.4) is 0 Å². The number of benzene rings is 3. The van der Waals surface area contributed by atoms with Crippen LogP contribution >= 0.6 is 0 Å². The molecule has 3 N–H and O–H groups in total. The van der Waals surface area contributed by atoms with Crippen LogP contribution in [0.25, 0.3) is 0 Å². The molecule has 1 aliphatic heterocycles. The van der Waals surface area contributed by atoms with E-state index in [1.54, 1.807) is 12.1 Å². The molecule has 0 radical (unpaired) electrons. The summed E-state index contributed by atoms with van der Waals surface area (Å²) < 4.78 is 34.6. The molecule has 186 valence electrons. The van der Waals surface area contributed by atoms with Gasteiger partial charge in [0.25, 0.3) is 10.0 Å². The Balaban J connectivity index is 1.40.